The molecule has 0 amide bonds. The maximum Gasteiger partial charge on any atom is 0.133 e. The van der Waals surface area contributed by atoms with Crippen LogP contribution in [0, 0.1) is 6.92 Å². The zero-order valence-electron chi connectivity index (χ0n) is 12.0. The van der Waals surface area contributed by atoms with Crippen LogP contribution in [0.15, 0.2) is 40.9 Å². The zero-order valence-corrected chi connectivity index (χ0v) is 15.9. The molecule has 0 aliphatic carbocycles. The van der Waals surface area contributed by atoms with Crippen LogP contribution in [-0.4, -0.2) is 6.61 Å². The molecular formula is C17H17Br2ClO. The van der Waals surface area contributed by atoms with Gasteiger partial charge in [-0.3, -0.25) is 0 Å². The van der Waals surface area contributed by atoms with Gasteiger partial charge in [-0.15, -0.1) is 0 Å². The van der Waals surface area contributed by atoms with Gasteiger partial charge in [0.1, 0.15) is 5.75 Å². The van der Waals surface area contributed by atoms with E-state index in [4.69, 9.17) is 16.3 Å². The molecule has 1 unspecified atom stereocenters. The van der Waals surface area contributed by atoms with E-state index in [1.165, 1.54) is 11.1 Å². The smallest absolute Gasteiger partial charge is 0.133 e. The van der Waals surface area contributed by atoms with Crippen LogP contribution in [-0.2, 0) is 0 Å². The molecule has 0 spiro atoms. The average molecular weight is 433 g/mol. The largest absolute Gasteiger partial charge is 0.492 e. The van der Waals surface area contributed by atoms with Gasteiger partial charge in [0.15, 0.2) is 0 Å². The highest BCUT2D eigenvalue weighted by atomic mass is 79.9. The SMILES string of the molecule is CCCOc1ccc(C(Br)c2cc(Cl)ccc2C)cc1Br. The fourth-order valence-corrected chi connectivity index (χ4v) is 3.54. The van der Waals surface area contributed by atoms with Crippen molar-refractivity contribution in [1.29, 1.82) is 0 Å². The first-order chi connectivity index (χ1) is 10.0. The van der Waals surface area contributed by atoms with Crippen LogP contribution in [0.5, 0.6) is 5.75 Å². The third kappa shape index (κ3) is 4.24. The van der Waals surface area contributed by atoms with Gasteiger partial charge in [-0.2, -0.15) is 0 Å². The van der Waals surface area contributed by atoms with Crippen molar-refractivity contribution in [3.8, 4) is 5.75 Å². The predicted molar refractivity (Wildman–Crippen MR) is 96.9 cm³/mol. The van der Waals surface area contributed by atoms with Crippen molar-refractivity contribution in [2.24, 2.45) is 0 Å². The van der Waals surface area contributed by atoms with Crippen LogP contribution in [0.1, 0.15) is 34.9 Å². The van der Waals surface area contributed by atoms with Crippen molar-refractivity contribution < 1.29 is 4.74 Å². The average Bonchev–Trinajstić information content (AvgIpc) is 2.47. The highest BCUT2D eigenvalue weighted by molar-refractivity contribution is 9.10. The maximum atomic E-state index is 6.11. The summed E-state index contributed by atoms with van der Waals surface area (Å²) in [5.41, 5.74) is 3.55. The third-order valence-corrected chi connectivity index (χ3v) is 5.10. The van der Waals surface area contributed by atoms with Crippen LogP contribution in [0.3, 0.4) is 0 Å². The minimum absolute atomic E-state index is 0.104. The topological polar surface area (TPSA) is 9.23 Å². The van der Waals surface area contributed by atoms with Crippen molar-refractivity contribution in [2.45, 2.75) is 25.1 Å². The second-order valence-electron chi connectivity index (χ2n) is 4.90. The number of ether oxygens (including phenoxy) is 1. The molecule has 0 bridgehead atoms. The fraction of sp³-hybridized carbons (Fsp3) is 0.294. The molecule has 4 heteroatoms. The normalized spacial score (nSPS) is 12.2. The van der Waals surface area contributed by atoms with E-state index in [0.29, 0.717) is 0 Å². The van der Waals surface area contributed by atoms with Gasteiger partial charge in [0, 0.05) is 5.02 Å². The molecule has 2 aromatic rings. The van der Waals surface area contributed by atoms with E-state index < -0.39 is 0 Å². The molecule has 0 saturated heterocycles. The second-order valence-corrected chi connectivity index (χ2v) is 7.11. The molecule has 1 atom stereocenters. The van der Waals surface area contributed by atoms with Gasteiger partial charge in [0.05, 0.1) is 15.9 Å². The molecule has 112 valence electrons. The third-order valence-electron chi connectivity index (χ3n) is 3.22. The van der Waals surface area contributed by atoms with Crippen LogP contribution in [0.4, 0.5) is 0 Å². The predicted octanol–water partition coefficient (Wildman–Crippen LogP) is 6.68. The number of hydrogen-bond acceptors (Lipinski definition) is 1. The summed E-state index contributed by atoms with van der Waals surface area (Å²) in [5, 5.41) is 0.752. The van der Waals surface area contributed by atoms with Gasteiger partial charge in [-0.1, -0.05) is 46.6 Å². The zero-order chi connectivity index (χ0) is 15.4. The molecule has 0 fully saturated rings. The Bertz CT molecular complexity index is 628. The van der Waals surface area contributed by atoms with Crippen LogP contribution >= 0.6 is 43.5 Å². The van der Waals surface area contributed by atoms with Crippen molar-refractivity contribution in [2.75, 3.05) is 6.61 Å². The van der Waals surface area contributed by atoms with E-state index in [-0.39, 0.29) is 4.83 Å². The number of rotatable bonds is 5. The first kappa shape index (κ1) is 16.9. The Balaban J connectivity index is 2.29. The lowest BCUT2D eigenvalue weighted by Crippen LogP contribution is -1.99. The van der Waals surface area contributed by atoms with Gasteiger partial charge in [0.25, 0.3) is 0 Å². The maximum absolute atomic E-state index is 6.11. The van der Waals surface area contributed by atoms with Gasteiger partial charge in [0.2, 0.25) is 0 Å². The summed E-state index contributed by atoms with van der Waals surface area (Å²) >= 11 is 13.5. The van der Waals surface area contributed by atoms with E-state index in [0.717, 1.165) is 33.8 Å². The van der Waals surface area contributed by atoms with Crippen molar-refractivity contribution in [3.05, 3.63) is 62.6 Å². The monoisotopic (exact) mass is 430 g/mol. The Labute approximate surface area is 147 Å². The minimum atomic E-state index is 0.104. The van der Waals surface area contributed by atoms with Crippen LogP contribution in [0.25, 0.3) is 0 Å². The van der Waals surface area contributed by atoms with Gasteiger partial charge in [-0.25, -0.2) is 0 Å². The Morgan fingerprint density at radius 1 is 1.19 bits per heavy atom. The van der Waals surface area contributed by atoms with Crippen LogP contribution in [0.2, 0.25) is 5.02 Å². The standard InChI is InChI=1S/C17H17Br2ClO/c1-3-8-21-16-7-5-12(9-15(16)18)17(19)14-10-13(20)6-4-11(14)2/h4-7,9-10,17H,3,8H2,1-2H3. The molecule has 2 aromatic carbocycles. The summed E-state index contributed by atoms with van der Waals surface area (Å²) in [6.07, 6.45) is 0.997. The molecule has 0 saturated carbocycles. The Morgan fingerprint density at radius 3 is 2.62 bits per heavy atom. The lowest BCUT2D eigenvalue weighted by Gasteiger charge is -2.16. The number of benzene rings is 2. The molecule has 1 nitrogen and oxygen atoms in total. The summed E-state index contributed by atoms with van der Waals surface area (Å²) in [7, 11) is 0. The van der Waals surface area contributed by atoms with Gasteiger partial charge >= 0.3 is 0 Å². The molecule has 0 N–H and O–H groups in total. The number of hydrogen-bond donors (Lipinski definition) is 0. The first-order valence-corrected chi connectivity index (χ1v) is 8.94. The summed E-state index contributed by atoms with van der Waals surface area (Å²) in [6.45, 7) is 4.91. The minimum Gasteiger partial charge on any atom is -0.492 e. The first-order valence-electron chi connectivity index (χ1n) is 6.85. The molecule has 2 rings (SSSR count). The molecule has 0 heterocycles. The highest BCUT2D eigenvalue weighted by Gasteiger charge is 2.15. The summed E-state index contributed by atoms with van der Waals surface area (Å²) in [6, 6.07) is 12.1. The van der Waals surface area contributed by atoms with Crippen molar-refractivity contribution in [1.82, 2.24) is 0 Å². The molecule has 0 radical (unpaired) electrons. The van der Waals surface area contributed by atoms with Gasteiger partial charge < -0.3 is 4.74 Å². The van der Waals surface area contributed by atoms with Crippen molar-refractivity contribution in [3.63, 3.8) is 0 Å². The van der Waals surface area contributed by atoms with E-state index in [1.54, 1.807) is 0 Å². The molecular weight excluding hydrogens is 415 g/mol. The Morgan fingerprint density at radius 2 is 1.95 bits per heavy atom. The number of aryl methyl sites for hydroxylation is 1. The Kier molecular flexibility index (Phi) is 6.15. The quantitative estimate of drug-likeness (QED) is 0.479. The summed E-state index contributed by atoms with van der Waals surface area (Å²) < 4.78 is 6.66. The van der Waals surface area contributed by atoms with E-state index in [1.807, 2.05) is 24.3 Å². The van der Waals surface area contributed by atoms with Crippen molar-refractivity contribution >= 4 is 43.5 Å². The second kappa shape index (κ2) is 7.66. The molecule has 21 heavy (non-hydrogen) atoms. The van der Waals surface area contributed by atoms with E-state index in [9.17, 15) is 0 Å². The molecule has 0 aromatic heterocycles. The summed E-state index contributed by atoms with van der Waals surface area (Å²) in [5.74, 6) is 0.878. The van der Waals surface area contributed by atoms with Gasteiger partial charge in [-0.05, 0) is 70.2 Å². The fourth-order valence-electron chi connectivity index (χ4n) is 2.07. The summed E-state index contributed by atoms with van der Waals surface area (Å²) in [4.78, 5) is 0.104. The van der Waals surface area contributed by atoms with Crippen LogP contribution < -0.4 is 4.74 Å². The van der Waals surface area contributed by atoms with E-state index >= 15 is 0 Å². The Hall–Kier alpha value is -0.510. The highest BCUT2D eigenvalue weighted by Crippen LogP contribution is 2.37. The number of alkyl halides is 1. The molecule has 0 aliphatic rings. The lowest BCUT2D eigenvalue weighted by atomic mass is 10.0. The van der Waals surface area contributed by atoms with E-state index in [2.05, 4.69) is 57.8 Å². The molecule has 0 aliphatic heterocycles. The number of halogens is 3. The lowest BCUT2D eigenvalue weighted by molar-refractivity contribution is 0.315.